The molecule has 0 unspecified atom stereocenters. The number of hydrogen-bond donors (Lipinski definition) is 1. The Hall–Kier alpha value is -1.54. The lowest BCUT2D eigenvalue weighted by Crippen LogP contribution is -2.16. The Morgan fingerprint density at radius 3 is 0.767 bits per heavy atom. The number of hydrogen-bond acceptors (Lipinski definition) is 15. The second-order valence-electron chi connectivity index (χ2n) is 14.1. The molecule has 0 atom stereocenters. The van der Waals surface area contributed by atoms with Crippen LogP contribution in [0.15, 0.2) is 0 Å². The van der Waals surface area contributed by atoms with Crippen LogP contribution in [0.5, 0.6) is 0 Å². The monoisotopic (exact) mass is 871 g/mol. The SMILES string of the molecule is CCCCCCCCCCCCCCCCCC(=O)OCCOCCOCCOCCOCCOCCOCCOCCOCCOCCOCCOCCOCC(=O)O. The molecule has 0 saturated heterocycles. The Balaban J connectivity index is 3.13. The Morgan fingerprint density at radius 1 is 0.300 bits per heavy atom. The molecule has 16 nitrogen and oxygen atoms in total. The van der Waals surface area contributed by atoms with E-state index in [9.17, 15) is 9.59 Å². The topological polar surface area (TPSA) is 174 Å². The predicted octanol–water partition coefficient (Wildman–Crippen LogP) is 6.07. The maximum atomic E-state index is 11.9. The molecule has 0 spiro atoms. The third-order valence-electron chi connectivity index (χ3n) is 8.79. The van der Waals surface area contributed by atoms with Gasteiger partial charge < -0.3 is 66.7 Å². The lowest BCUT2D eigenvalue weighted by Gasteiger charge is -2.09. The van der Waals surface area contributed by atoms with Crippen LogP contribution in [0.3, 0.4) is 0 Å². The molecule has 0 radical (unpaired) electrons. The highest BCUT2D eigenvalue weighted by atomic mass is 16.6. The van der Waals surface area contributed by atoms with Crippen molar-refractivity contribution in [1.29, 1.82) is 0 Å². The summed E-state index contributed by atoms with van der Waals surface area (Å²) >= 11 is 0. The first-order chi connectivity index (χ1) is 29.7. The summed E-state index contributed by atoms with van der Waals surface area (Å²) in [5.41, 5.74) is 0. The van der Waals surface area contributed by atoms with Crippen LogP contribution in [-0.2, 0) is 71.2 Å². The molecule has 358 valence electrons. The minimum Gasteiger partial charge on any atom is -0.480 e. The van der Waals surface area contributed by atoms with Gasteiger partial charge in [-0.2, -0.15) is 0 Å². The van der Waals surface area contributed by atoms with Gasteiger partial charge in [0.25, 0.3) is 0 Å². The maximum absolute atomic E-state index is 11.9. The fourth-order valence-electron chi connectivity index (χ4n) is 5.51. The molecule has 0 aliphatic rings. The first-order valence-electron chi connectivity index (χ1n) is 23.0. The highest BCUT2D eigenvalue weighted by Gasteiger charge is 2.03. The van der Waals surface area contributed by atoms with E-state index in [1.807, 2.05) is 0 Å². The lowest BCUT2D eigenvalue weighted by molar-refractivity contribution is -0.145. The molecule has 0 saturated carbocycles. The summed E-state index contributed by atoms with van der Waals surface area (Å²) in [5.74, 6) is -1.13. The van der Waals surface area contributed by atoms with Crippen LogP contribution in [0.25, 0.3) is 0 Å². The smallest absolute Gasteiger partial charge is 0.329 e. The molecule has 0 bridgehead atoms. The molecule has 0 heterocycles. The van der Waals surface area contributed by atoms with E-state index in [2.05, 4.69) is 6.92 Å². The lowest BCUT2D eigenvalue weighted by atomic mass is 10.0. The van der Waals surface area contributed by atoms with Gasteiger partial charge in [0.15, 0.2) is 0 Å². The number of aliphatic carboxylic acids is 1. The number of carbonyl (C=O) groups is 2. The van der Waals surface area contributed by atoms with Crippen molar-refractivity contribution in [3.63, 3.8) is 0 Å². The second kappa shape index (κ2) is 53.6. The molecule has 0 amide bonds. The quantitative estimate of drug-likeness (QED) is 0.0550. The predicted molar refractivity (Wildman–Crippen MR) is 228 cm³/mol. The molecule has 0 aromatic heterocycles. The van der Waals surface area contributed by atoms with Crippen LogP contribution in [0.1, 0.15) is 110 Å². The van der Waals surface area contributed by atoms with Gasteiger partial charge in [0.1, 0.15) is 13.2 Å². The molecule has 60 heavy (non-hydrogen) atoms. The zero-order chi connectivity index (χ0) is 43.3. The number of unbranched alkanes of at least 4 members (excludes halogenated alkanes) is 14. The van der Waals surface area contributed by atoms with Crippen LogP contribution in [0, 0.1) is 0 Å². The Kier molecular flexibility index (Phi) is 52.2. The Morgan fingerprint density at radius 2 is 0.517 bits per heavy atom. The summed E-state index contributed by atoms with van der Waals surface area (Å²) in [5, 5.41) is 8.44. The van der Waals surface area contributed by atoms with E-state index in [0.29, 0.717) is 152 Å². The second-order valence-corrected chi connectivity index (χ2v) is 14.1. The summed E-state index contributed by atoms with van der Waals surface area (Å²) in [4.78, 5) is 22.2. The molecule has 0 aliphatic heterocycles. The Labute approximate surface area is 362 Å². The molecule has 16 heteroatoms. The largest absolute Gasteiger partial charge is 0.480 e. The highest BCUT2D eigenvalue weighted by molar-refractivity contribution is 5.69. The van der Waals surface area contributed by atoms with Crippen molar-refractivity contribution >= 4 is 11.9 Å². The summed E-state index contributed by atoms with van der Waals surface area (Å²) in [6.45, 7) is 12.6. The summed E-state index contributed by atoms with van der Waals surface area (Å²) < 4.78 is 70.1. The Bertz CT molecular complexity index is 840. The molecular weight excluding hydrogens is 784 g/mol. The van der Waals surface area contributed by atoms with Gasteiger partial charge >= 0.3 is 11.9 Å². The maximum Gasteiger partial charge on any atom is 0.329 e. The number of carboxylic acid groups (broad SMARTS) is 1. The third-order valence-corrected chi connectivity index (χ3v) is 8.79. The van der Waals surface area contributed by atoms with Gasteiger partial charge in [0.2, 0.25) is 0 Å². The number of esters is 1. The van der Waals surface area contributed by atoms with Crippen molar-refractivity contribution in [3.05, 3.63) is 0 Å². The number of ether oxygens (including phenoxy) is 13. The van der Waals surface area contributed by atoms with Crippen molar-refractivity contribution in [2.24, 2.45) is 0 Å². The van der Waals surface area contributed by atoms with Crippen molar-refractivity contribution in [3.8, 4) is 0 Å². The van der Waals surface area contributed by atoms with Gasteiger partial charge in [-0.3, -0.25) is 4.79 Å². The summed E-state index contributed by atoms with van der Waals surface area (Å²) in [6.07, 6.45) is 20.1. The molecule has 0 fully saturated rings. The van der Waals surface area contributed by atoms with E-state index in [-0.39, 0.29) is 25.8 Å². The van der Waals surface area contributed by atoms with Gasteiger partial charge in [-0.1, -0.05) is 96.8 Å². The van der Waals surface area contributed by atoms with Crippen LogP contribution in [-0.4, -0.2) is 182 Å². The normalized spacial score (nSPS) is 11.5. The van der Waals surface area contributed by atoms with Gasteiger partial charge in [0.05, 0.1) is 152 Å². The van der Waals surface area contributed by atoms with Crippen molar-refractivity contribution in [1.82, 2.24) is 0 Å². The molecule has 0 rings (SSSR count). The van der Waals surface area contributed by atoms with Crippen LogP contribution >= 0.6 is 0 Å². The summed E-state index contributed by atoms with van der Waals surface area (Å²) in [6, 6.07) is 0. The van der Waals surface area contributed by atoms with Gasteiger partial charge in [-0.05, 0) is 6.42 Å². The first-order valence-corrected chi connectivity index (χ1v) is 23.0. The van der Waals surface area contributed by atoms with Crippen LogP contribution in [0.4, 0.5) is 0 Å². The number of carboxylic acids is 1. The minimum atomic E-state index is -0.998. The van der Waals surface area contributed by atoms with Gasteiger partial charge in [0, 0.05) is 6.42 Å². The average molecular weight is 871 g/mol. The van der Waals surface area contributed by atoms with E-state index in [1.54, 1.807) is 0 Å². The zero-order valence-electron chi connectivity index (χ0n) is 37.6. The third kappa shape index (κ3) is 54.5. The van der Waals surface area contributed by atoms with E-state index in [0.717, 1.165) is 12.8 Å². The van der Waals surface area contributed by atoms with E-state index < -0.39 is 5.97 Å². The van der Waals surface area contributed by atoms with E-state index in [4.69, 9.17) is 66.7 Å². The van der Waals surface area contributed by atoms with Crippen molar-refractivity contribution < 1.29 is 76.3 Å². The zero-order valence-corrected chi connectivity index (χ0v) is 37.6. The molecule has 1 N–H and O–H groups in total. The van der Waals surface area contributed by atoms with Crippen molar-refractivity contribution in [2.45, 2.75) is 110 Å². The van der Waals surface area contributed by atoms with Crippen LogP contribution in [0.2, 0.25) is 0 Å². The van der Waals surface area contributed by atoms with Gasteiger partial charge in [-0.15, -0.1) is 0 Å². The van der Waals surface area contributed by atoms with Gasteiger partial charge in [-0.25, -0.2) is 4.79 Å². The minimum absolute atomic E-state index is 0.136. The molecule has 0 aliphatic carbocycles. The first kappa shape index (κ1) is 58.5. The standard InChI is InChI=1S/C44H86O16/c1-2-3-4-5-6-7-8-9-10-11-12-13-14-15-16-17-44(47)60-41-40-58-37-36-56-33-32-54-29-28-52-25-24-50-21-20-48-18-19-49-22-23-51-26-27-53-30-31-55-34-35-57-38-39-59-42-43(45)46/h2-42H2,1H3,(H,45,46). The van der Waals surface area contributed by atoms with E-state index in [1.165, 1.54) is 83.5 Å². The molecular formula is C44H86O16. The summed E-state index contributed by atoms with van der Waals surface area (Å²) in [7, 11) is 0. The average Bonchev–Trinajstić information content (AvgIpc) is 3.24. The highest BCUT2D eigenvalue weighted by Crippen LogP contribution is 2.14. The van der Waals surface area contributed by atoms with E-state index >= 15 is 0 Å². The molecule has 0 aromatic carbocycles. The fourth-order valence-corrected chi connectivity index (χ4v) is 5.51. The van der Waals surface area contributed by atoms with Crippen molar-refractivity contribution in [2.75, 3.05) is 165 Å². The fraction of sp³-hybridized carbons (Fsp3) is 0.955. The number of carbonyl (C=O) groups excluding carboxylic acids is 1. The van der Waals surface area contributed by atoms with Crippen LogP contribution < -0.4 is 0 Å². The molecule has 0 aromatic rings. The number of rotatable bonds is 54.